The van der Waals surface area contributed by atoms with E-state index in [0.29, 0.717) is 13.0 Å². The van der Waals surface area contributed by atoms with Gasteiger partial charge in [-0.2, -0.15) is 0 Å². The lowest BCUT2D eigenvalue weighted by atomic mass is 9.87. The van der Waals surface area contributed by atoms with E-state index in [-0.39, 0.29) is 11.8 Å². The Bertz CT molecular complexity index is 1410. The minimum absolute atomic E-state index is 0.0345. The van der Waals surface area contributed by atoms with Crippen LogP contribution >= 0.6 is 0 Å². The number of pyridine rings is 1. The summed E-state index contributed by atoms with van der Waals surface area (Å²) in [5, 5.41) is 4.29. The van der Waals surface area contributed by atoms with Gasteiger partial charge in [0, 0.05) is 54.9 Å². The average Bonchev–Trinajstić information content (AvgIpc) is 3.26. The zero-order valence-corrected chi connectivity index (χ0v) is 19.9. The summed E-state index contributed by atoms with van der Waals surface area (Å²) in [6.45, 7) is 3.37. The van der Waals surface area contributed by atoms with Crippen molar-refractivity contribution in [3.05, 3.63) is 137 Å². The van der Waals surface area contributed by atoms with Crippen molar-refractivity contribution in [3.8, 4) is 0 Å². The Morgan fingerprint density at radius 1 is 0.857 bits per heavy atom. The van der Waals surface area contributed by atoms with Crippen LogP contribution in [0.5, 0.6) is 0 Å². The molecular formula is C31H29N3O. The topological polar surface area (TPSA) is 46.9 Å². The number of hydrogen-bond acceptors (Lipinski definition) is 2. The van der Waals surface area contributed by atoms with Crippen LogP contribution in [0.3, 0.4) is 0 Å². The third kappa shape index (κ3) is 5.33. The van der Waals surface area contributed by atoms with Crippen molar-refractivity contribution in [3.63, 3.8) is 0 Å². The van der Waals surface area contributed by atoms with Crippen molar-refractivity contribution in [2.45, 2.75) is 32.4 Å². The number of amides is 1. The van der Waals surface area contributed by atoms with E-state index in [1.165, 1.54) is 27.6 Å². The quantitative estimate of drug-likeness (QED) is 0.299. The van der Waals surface area contributed by atoms with Crippen LogP contribution in [0.4, 0.5) is 0 Å². The zero-order chi connectivity index (χ0) is 24.0. The molecule has 5 rings (SSSR count). The molecule has 0 spiro atoms. The number of rotatable bonds is 8. The van der Waals surface area contributed by atoms with E-state index in [9.17, 15) is 4.79 Å². The summed E-state index contributed by atoms with van der Waals surface area (Å²) in [7, 11) is 0. The fourth-order valence-electron chi connectivity index (χ4n) is 4.63. The van der Waals surface area contributed by atoms with Gasteiger partial charge in [-0.05, 0) is 47.4 Å². The van der Waals surface area contributed by atoms with Gasteiger partial charge in [0.05, 0.1) is 0 Å². The van der Waals surface area contributed by atoms with Crippen LogP contribution in [0.1, 0.15) is 40.2 Å². The largest absolute Gasteiger partial charge is 0.352 e. The first-order valence-electron chi connectivity index (χ1n) is 12.0. The second-order valence-corrected chi connectivity index (χ2v) is 9.01. The lowest BCUT2D eigenvalue weighted by Gasteiger charge is -2.18. The molecule has 0 bridgehead atoms. The molecule has 4 nitrogen and oxygen atoms in total. The zero-order valence-electron chi connectivity index (χ0n) is 19.9. The first kappa shape index (κ1) is 22.6. The fourth-order valence-corrected chi connectivity index (χ4v) is 4.63. The number of carbonyl (C=O) groups excluding carboxylic acids is 1. The molecule has 1 amide bonds. The maximum Gasteiger partial charge on any atom is 0.221 e. The van der Waals surface area contributed by atoms with Gasteiger partial charge >= 0.3 is 0 Å². The molecule has 2 aromatic heterocycles. The molecule has 0 aliphatic heterocycles. The standard InChI is InChI=1S/C31H29N3O/c1-23-11-13-26(14-12-23)28(19-31(35)33-20-24-15-17-32-18-16-24)29-22-34(21-25-7-3-2-4-8-25)30-10-6-5-9-27(29)30/h2-18,22,28H,19-21H2,1H3,(H,33,35). The number of nitrogens with zero attached hydrogens (tertiary/aromatic N) is 2. The molecule has 0 radical (unpaired) electrons. The highest BCUT2D eigenvalue weighted by Crippen LogP contribution is 2.35. The van der Waals surface area contributed by atoms with E-state index in [1.807, 2.05) is 18.2 Å². The summed E-state index contributed by atoms with van der Waals surface area (Å²) >= 11 is 0. The van der Waals surface area contributed by atoms with Crippen LogP contribution in [0, 0.1) is 6.92 Å². The van der Waals surface area contributed by atoms with Gasteiger partial charge in [-0.25, -0.2) is 0 Å². The van der Waals surface area contributed by atoms with Gasteiger partial charge in [0.1, 0.15) is 0 Å². The van der Waals surface area contributed by atoms with Crippen molar-refractivity contribution in [2.75, 3.05) is 0 Å². The Morgan fingerprint density at radius 3 is 2.34 bits per heavy atom. The van der Waals surface area contributed by atoms with Gasteiger partial charge in [-0.1, -0.05) is 78.4 Å². The summed E-state index contributed by atoms with van der Waals surface area (Å²) in [5.74, 6) is -0.0118. The Labute approximate surface area is 206 Å². The lowest BCUT2D eigenvalue weighted by Crippen LogP contribution is -2.25. The second-order valence-electron chi connectivity index (χ2n) is 9.01. The normalized spacial score (nSPS) is 11.9. The smallest absolute Gasteiger partial charge is 0.221 e. The van der Waals surface area contributed by atoms with E-state index < -0.39 is 0 Å². The van der Waals surface area contributed by atoms with Crippen LogP contribution in [0.25, 0.3) is 10.9 Å². The molecule has 4 heteroatoms. The summed E-state index contributed by atoms with van der Waals surface area (Å²) in [6.07, 6.45) is 6.11. The van der Waals surface area contributed by atoms with Crippen LogP contribution in [0.2, 0.25) is 0 Å². The summed E-state index contributed by atoms with van der Waals surface area (Å²) in [5.41, 5.74) is 7.01. The van der Waals surface area contributed by atoms with Crippen molar-refractivity contribution in [2.24, 2.45) is 0 Å². The molecule has 5 aromatic rings. The van der Waals surface area contributed by atoms with Crippen LogP contribution in [-0.4, -0.2) is 15.5 Å². The minimum Gasteiger partial charge on any atom is -0.352 e. The van der Waals surface area contributed by atoms with Crippen molar-refractivity contribution in [1.82, 2.24) is 14.9 Å². The monoisotopic (exact) mass is 459 g/mol. The highest BCUT2D eigenvalue weighted by Gasteiger charge is 2.23. The van der Waals surface area contributed by atoms with Gasteiger partial charge in [0.25, 0.3) is 0 Å². The number of para-hydroxylation sites is 1. The van der Waals surface area contributed by atoms with E-state index in [1.54, 1.807) is 12.4 Å². The predicted molar refractivity (Wildman–Crippen MR) is 141 cm³/mol. The Balaban J connectivity index is 1.49. The van der Waals surface area contributed by atoms with E-state index >= 15 is 0 Å². The highest BCUT2D eigenvalue weighted by molar-refractivity contribution is 5.86. The number of hydrogen-bond donors (Lipinski definition) is 1. The van der Waals surface area contributed by atoms with E-state index in [2.05, 4.69) is 101 Å². The molecule has 0 aliphatic carbocycles. The third-order valence-corrected chi connectivity index (χ3v) is 6.50. The van der Waals surface area contributed by atoms with Gasteiger partial charge in [0.2, 0.25) is 5.91 Å². The number of benzene rings is 3. The van der Waals surface area contributed by atoms with E-state index in [4.69, 9.17) is 0 Å². The molecule has 0 fully saturated rings. The van der Waals surface area contributed by atoms with Gasteiger partial charge in [0.15, 0.2) is 0 Å². The van der Waals surface area contributed by atoms with Crippen LogP contribution < -0.4 is 5.32 Å². The number of aromatic nitrogens is 2. The molecule has 0 saturated heterocycles. The van der Waals surface area contributed by atoms with Crippen molar-refractivity contribution < 1.29 is 4.79 Å². The summed E-state index contributed by atoms with van der Waals surface area (Å²) in [4.78, 5) is 17.2. The number of nitrogens with one attached hydrogen (secondary N) is 1. The Hall–Kier alpha value is -4.18. The molecule has 3 aromatic carbocycles. The second kappa shape index (κ2) is 10.4. The number of fused-ring (bicyclic) bond motifs is 1. The molecule has 174 valence electrons. The molecular weight excluding hydrogens is 430 g/mol. The van der Waals surface area contributed by atoms with Crippen LogP contribution in [0.15, 0.2) is 110 Å². The van der Waals surface area contributed by atoms with Gasteiger partial charge < -0.3 is 9.88 Å². The molecule has 0 aliphatic rings. The Kier molecular flexibility index (Phi) is 6.71. The fraction of sp³-hybridized carbons (Fsp3) is 0.161. The van der Waals surface area contributed by atoms with Crippen molar-refractivity contribution in [1.29, 1.82) is 0 Å². The first-order chi connectivity index (χ1) is 17.2. The average molecular weight is 460 g/mol. The number of aryl methyl sites for hydroxylation is 1. The third-order valence-electron chi connectivity index (χ3n) is 6.50. The van der Waals surface area contributed by atoms with Gasteiger partial charge in [-0.15, -0.1) is 0 Å². The highest BCUT2D eigenvalue weighted by atomic mass is 16.1. The summed E-state index contributed by atoms with van der Waals surface area (Å²) in [6, 6.07) is 31.4. The molecule has 1 unspecified atom stereocenters. The maximum absolute atomic E-state index is 13.1. The molecule has 1 N–H and O–H groups in total. The SMILES string of the molecule is Cc1ccc(C(CC(=O)NCc2ccncc2)c2cn(Cc3ccccc3)c3ccccc23)cc1. The predicted octanol–water partition coefficient (Wildman–Crippen LogP) is 6.23. The molecule has 0 saturated carbocycles. The van der Waals surface area contributed by atoms with Crippen LogP contribution in [-0.2, 0) is 17.9 Å². The minimum atomic E-state index is -0.0463. The molecule has 1 atom stereocenters. The summed E-state index contributed by atoms with van der Waals surface area (Å²) < 4.78 is 2.30. The Morgan fingerprint density at radius 2 is 1.57 bits per heavy atom. The number of carbonyl (C=O) groups is 1. The van der Waals surface area contributed by atoms with Gasteiger partial charge in [-0.3, -0.25) is 9.78 Å². The van der Waals surface area contributed by atoms with E-state index in [0.717, 1.165) is 17.7 Å². The maximum atomic E-state index is 13.1. The molecule has 2 heterocycles. The molecule has 35 heavy (non-hydrogen) atoms. The van der Waals surface area contributed by atoms with Crippen molar-refractivity contribution >= 4 is 16.8 Å². The first-order valence-corrected chi connectivity index (χ1v) is 12.0. The lowest BCUT2D eigenvalue weighted by molar-refractivity contribution is -0.121.